The first-order valence-electron chi connectivity index (χ1n) is 4.56. The summed E-state index contributed by atoms with van der Waals surface area (Å²) in [7, 11) is 0. The monoisotopic (exact) mass is 177 g/mol. The van der Waals surface area contributed by atoms with Gasteiger partial charge in [-0.25, -0.2) is 0 Å². The summed E-state index contributed by atoms with van der Waals surface area (Å²) in [5.74, 6) is 0.894. The van der Waals surface area contributed by atoms with Gasteiger partial charge in [-0.3, -0.25) is 0 Å². The molecule has 2 rings (SSSR count). The van der Waals surface area contributed by atoms with Crippen molar-refractivity contribution in [2.75, 3.05) is 5.73 Å². The largest absolute Gasteiger partial charge is 0.485 e. The van der Waals surface area contributed by atoms with Gasteiger partial charge in [0, 0.05) is 12.0 Å². The Balaban J connectivity index is 2.56. The number of rotatable bonds is 0. The summed E-state index contributed by atoms with van der Waals surface area (Å²) in [6.07, 6.45) is 0.958. The summed E-state index contributed by atoms with van der Waals surface area (Å²) in [4.78, 5) is 0. The molecule has 13 heavy (non-hydrogen) atoms. The number of anilines is 1. The molecule has 1 aromatic rings. The van der Waals surface area contributed by atoms with Crippen molar-refractivity contribution in [1.29, 1.82) is 0 Å². The molecule has 2 nitrogen and oxygen atoms in total. The lowest BCUT2D eigenvalue weighted by molar-refractivity contribution is 0.139. The number of hydrogen-bond donors (Lipinski definition) is 1. The Morgan fingerprint density at radius 2 is 2.08 bits per heavy atom. The first-order valence-corrected chi connectivity index (χ1v) is 4.56. The first-order chi connectivity index (χ1) is 5.99. The van der Waals surface area contributed by atoms with Crippen LogP contribution >= 0.6 is 0 Å². The standard InChI is InChI=1S/C11H15NO/c1-7-4-5-9(12)10-8(7)6-11(2,3)13-10/h4-5H,6,12H2,1-3H3. The molecule has 0 radical (unpaired) electrons. The van der Waals surface area contributed by atoms with Gasteiger partial charge in [-0.05, 0) is 32.4 Å². The van der Waals surface area contributed by atoms with Crippen LogP contribution < -0.4 is 10.5 Å². The number of fused-ring (bicyclic) bond motifs is 1. The van der Waals surface area contributed by atoms with Crippen LogP contribution in [0, 0.1) is 6.92 Å². The molecule has 70 valence electrons. The molecular formula is C11H15NO. The Bertz CT molecular complexity index is 322. The van der Waals surface area contributed by atoms with Crippen LogP contribution in [0.3, 0.4) is 0 Å². The van der Waals surface area contributed by atoms with Gasteiger partial charge in [0.25, 0.3) is 0 Å². The highest BCUT2D eigenvalue weighted by molar-refractivity contribution is 5.61. The Morgan fingerprint density at radius 1 is 1.38 bits per heavy atom. The third kappa shape index (κ3) is 1.26. The average molecular weight is 177 g/mol. The maximum atomic E-state index is 5.84. The summed E-state index contributed by atoms with van der Waals surface area (Å²) < 4.78 is 5.78. The molecule has 0 aliphatic carbocycles. The van der Waals surface area contributed by atoms with Gasteiger partial charge >= 0.3 is 0 Å². The molecule has 0 saturated carbocycles. The molecular weight excluding hydrogens is 162 g/mol. The molecule has 0 aromatic heterocycles. The Labute approximate surface area is 78.7 Å². The third-order valence-corrected chi connectivity index (χ3v) is 2.51. The molecule has 0 spiro atoms. The second kappa shape index (κ2) is 2.41. The fraction of sp³-hybridized carbons (Fsp3) is 0.455. The van der Waals surface area contributed by atoms with Crippen LogP contribution in [0.25, 0.3) is 0 Å². The van der Waals surface area contributed by atoms with Gasteiger partial charge in [0.15, 0.2) is 0 Å². The quantitative estimate of drug-likeness (QED) is 0.617. The fourth-order valence-electron chi connectivity index (χ4n) is 1.82. The zero-order valence-corrected chi connectivity index (χ0v) is 8.35. The number of hydrogen-bond acceptors (Lipinski definition) is 2. The molecule has 2 N–H and O–H groups in total. The van der Waals surface area contributed by atoms with Crippen LogP contribution in [-0.2, 0) is 6.42 Å². The molecule has 0 fully saturated rings. The van der Waals surface area contributed by atoms with Crippen molar-refractivity contribution in [3.05, 3.63) is 23.3 Å². The highest BCUT2D eigenvalue weighted by Gasteiger charge is 2.32. The van der Waals surface area contributed by atoms with Gasteiger partial charge in [0.2, 0.25) is 0 Å². The van der Waals surface area contributed by atoms with Crippen LogP contribution in [0.4, 0.5) is 5.69 Å². The van der Waals surface area contributed by atoms with Crippen molar-refractivity contribution in [3.63, 3.8) is 0 Å². The summed E-state index contributed by atoms with van der Waals surface area (Å²) in [6.45, 7) is 6.28. The first kappa shape index (κ1) is 8.42. The van der Waals surface area contributed by atoms with E-state index >= 15 is 0 Å². The highest BCUT2D eigenvalue weighted by Crippen LogP contribution is 2.40. The zero-order chi connectivity index (χ0) is 9.64. The summed E-state index contributed by atoms with van der Waals surface area (Å²) in [5, 5.41) is 0. The van der Waals surface area contributed by atoms with E-state index in [-0.39, 0.29) is 5.60 Å². The Hall–Kier alpha value is -1.18. The molecule has 0 unspecified atom stereocenters. The van der Waals surface area contributed by atoms with E-state index < -0.39 is 0 Å². The van der Waals surface area contributed by atoms with Gasteiger partial charge in [0.05, 0.1) is 5.69 Å². The molecule has 0 atom stereocenters. The van der Waals surface area contributed by atoms with Crippen molar-refractivity contribution in [2.24, 2.45) is 0 Å². The maximum absolute atomic E-state index is 5.84. The van der Waals surface area contributed by atoms with Crippen molar-refractivity contribution >= 4 is 5.69 Å². The fourth-order valence-corrected chi connectivity index (χ4v) is 1.82. The normalized spacial score (nSPS) is 18.1. The van der Waals surface area contributed by atoms with Crippen LogP contribution in [0.5, 0.6) is 5.75 Å². The molecule has 0 saturated heterocycles. The summed E-state index contributed by atoms with van der Waals surface area (Å²) in [6, 6.07) is 3.97. The van der Waals surface area contributed by atoms with Gasteiger partial charge in [0.1, 0.15) is 11.4 Å². The van der Waals surface area contributed by atoms with E-state index in [2.05, 4.69) is 26.8 Å². The van der Waals surface area contributed by atoms with E-state index in [0.29, 0.717) is 0 Å². The van der Waals surface area contributed by atoms with Gasteiger partial charge < -0.3 is 10.5 Å². The lowest BCUT2D eigenvalue weighted by Gasteiger charge is -2.17. The minimum atomic E-state index is -0.0947. The number of ether oxygens (including phenoxy) is 1. The van der Waals surface area contributed by atoms with Crippen molar-refractivity contribution in [1.82, 2.24) is 0 Å². The van der Waals surface area contributed by atoms with Crippen molar-refractivity contribution in [3.8, 4) is 5.75 Å². The van der Waals surface area contributed by atoms with Crippen LogP contribution in [0.2, 0.25) is 0 Å². The number of nitrogen functional groups attached to an aromatic ring is 1. The molecule has 1 aliphatic rings. The molecule has 1 heterocycles. The van der Waals surface area contributed by atoms with E-state index in [0.717, 1.165) is 17.9 Å². The molecule has 1 aliphatic heterocycles. The summed E-state index contributed by atoms with van der Waals surface area (Å²) >= 11 is 0. The second-order valence-electron chi connectivity index (χ2n) is 4.32. The van der Waals surface area contributed by atoms with E-state index in [1.54, 1.807) is 0 Å². The van der Waals surface area contributed by atoms with Gasteiger partial charge in [-0.15, -0.1) is 0 Å². The van der Waals surface area contributed by atoms with Gasteiger partial charge in [-0.2, -0.15) is 0 Å². The maximum Gasteiger partial charge on any atom is 0.146 e. The topological polar surface area (TPSA) is 35.2 Å². The van der Waals surface area contributed by atoms with E-state index in [1.165, 1.54) is 11.1 Å². The average Bonchev–Trinajstić information content (AvgIpc) is 2.35. The number of nitrogens with two attached hydrogens (primary N) is 1. The summed E-state index contributed by atoms with van der Waals surface area (Å²) in [5.41, 5.74) is 9.04. The van der Waals surface area contributed by atoms with Gasteiger partial charge in [-0.1, -0.05) is 6.07 Å². The Morgan fingerprint density at radius 3 is 2.69 bits per heavy atom. The molecule has 0 amide bonds. The molecule has 2 heteroatoms. The number of benzene rings is 1. The highest BCUT2D eigenvalue weighted by atomic mass is 16.5. The third-order valence-electron chi connectivity index (χ3n) is 2.51. The van der Waals surface area contributed by atoms with Crippen molar-refractivity contribution < 1.29 is 4.74 Å². The lowest BCUT2D eigenvalue weighted by Crippen LogP contribution is -2.24. The van der Waals surface area contributed by atoms with E-state index in [4.69, 9.17) is 10.5 Å². The second-order valence-corrected chi connectivity index (χ2v) is 4.32. The van der Waals surface area contributed by atoms with Crippen LogP contribution in [0.1, 0.15) is 25.0 Å². The zero-order valence-electron chi connectivity index (χ0n) is 8.35. The molecule has 0 bridgehead atoms. The SMILES string of the molecule is Cc1ccc(N)c2c1CC(C)(C)O2. The van der Waals surface area contributed by atoms with Crippen LogP contribution in [0.15, 0.2) is 12.1 Å². The van der Waals surface area contributed by atoms with Crippen molar-refractivity contribution in [2.45, 2.75) is 32.8 Å². The predicted octanol–water partition coefficient (Wildman–Crippen LogP) is 2.29. The smallest absolute Gasteiger partial charge is 0.146 e. The molecule has 1 aromatic carbocycles. The Kier molecular flexibility index (Phi) is 1.56. The minimum absolute atomic E-state index is 0.0947. The number of aryl methyl sites for hydroxylation is 1. The predicted molar refractivity (Wildman–Crippen MR) is 54.0 cm³/mol. The minimum Gasteiger partial charge on any atom is -0.485 e. The van der Waals surface area contributed by atoms with E-state index in [9.17, 15) is 0 Å². The van der Waals surface area contributed by atoms with Crippen LogP contribution in [-0.4, -0.2) is 5.60 Å². The van der Waals surface area contributed by atoms with E-state index in [1.807, 2.05) is 6.07 Å². The lowest BCUT2D eigenvalue weighted by atomic mass is 9.98.